The van der Waals surface area contributed by atoms with Crippen LogP contribution in [0.5, 0.6) is 0 Å². The Labute approximate surface area is 201 Å². The van der Waals surface area contributed by atoms with Crippen molar-refractivity contribution in [2.75, 3.05) is 22.8 Å². The number of carbonyl (C=O) groups excluding carboxylic acids is 1. The number of hydrogen-bond donors (Lipinski definition) is 2. The van der Waals surface area contributed by atoms with Gasteiger partial charge in [-0.1, -0.05) is 6.07 Å². The van der Waals surface area contributed by atoms with Crippen LogP contribution in [0, 0.1) is 13.8 Å². The molecular formula is C25H34N4O4S. The Morgan fingerprint density at radius 3 is 2.21 bits per heavy atom. The number of carbonyl (C=O) groups is 1. The van der Waals surface area contributed by atoms with Gasteiger partial charge in [0.05, 0.1) is 11.7 Å². The molecule has 0 bridgehead atoms. The van der Waals surface area contributed by atoms with Gasteiger partial charge in [-0.25, -0.2) is 13.8 Å². The van der Waals surface area contributed by atoms with Crippen molar-refractivity contribution < 1.29 is 17.9 Å². The van der Waals surface area contributed by atoms with E-state index in [1.807, 2.05) is 31.5 Å². The van der Waals surface area contributed by atoms with Crippen LogP contribution in [0.2, 0.25) is 0 Å². The SMILES string of the molecule is Cc1cc(N(C2CCOCC2)S(=O)(=O)NC(=O)Nc2c3c(cc4c2CCC4)CCC3)c(C)n1C. The molecule has 2 N–H and O–H groups in total. The van der Waals surface area contributed by atoms with E-state index < -0.39 is 16.2 Å². The number of nitrogens with one attached hydrogen (secondary N) is 2. The van der Waals surface area contributed by atoms with Gasteiger partial charge in [0, 0.05) is 37.3 Å². The van der Waals surface area contributed by atoms with Gasteiger partial charge in [-0.2, -0.15) is 8.42 Å². The minimum absolute atomic E-state index is 0.273. The molecule has 1 saturated heterocycles. The van der Waals surface area contributed by atoms with Crippen molar-refractivity contribution in [3.05, 3.63) is 45.8 Å². The Morgan fingerprint density at radius 2 is 1.65 bits per heavy atom. The Balaban J connectivity index is 1.44. The molecule has 2 aromatic rings. The Kier molecular flexibility index (Phi) is 6.10. The average Bonchev–Trinajstić information content (AvgIpc) is 3.51. The molecule has 1 aliphatic heterocycles. The number of hydrogen-bond acceptors (Lipinski definition) is 4. The Hall–Kier alpha value is -2.52. The van der Waals surface area contributed by atoms with Crippen molar-refractivity contribution in [2.24, 2.45) is 7.05 Å². The first kappa shape index (κ1) is 23.2. The van der Waals surface area contributed by atoms with Crippen molar-refractivity contribution in [1.82, 2.24) is 9.29 Å². The number of anilines is 2. The minimum Gasteiger partial charge on any atom is -0.381 e. The van der Waals surface area contributed by atoms with Crippen LogP contribution in [0.15, 0.2) is 12.1 Å². The maximum Gasteiger partial charge on any atom is 0.334 e. The quantitative estimate of drug-likeness (QED) is 0.675. The lowest BCUT2D eigenvalue weighted by Gasteiger charge is -2.34. The predicted octanol–water partition coefficient (Wildman–Crippen LogP) is 3.67. The van der Waals surface area contributed by atoms with E-state index in [0.29, 0.717) is 31.7 Å². The first-order valence-corrected chi connectivity index (χ1v) is 13.7. The summed E-state index contributed by atoms with van der Waals surface area (Å²) in [5.41, 5.74) is 8.16. The van der Waals surface area contributed by atoms with Crippen LogP contribution in [-0.2, 0) is 47.7 Å². The summed E-state index contributed by atoms with van der Waals surface area (Å²) in [5, 5.41) is 2.95. The zero-order valence-corrected chi connectivity index (χ0v) is 21.1. The lowest BCUT2D eigenvalue weighted by atomic mass is 9.99. The molecule has 5 rings (SSSR count). The fourth-order valence-corrected chi connectivity index (χ4v) is 7.20. The fraction of sp³-hybridized carbons (Fsp3) is 0.560. The number of fused-ring (bicyclic) bond motifs is 2. The molecule has 1 aromatic carbocycles. The third-order valence-corrected chi connectivity index (χ3v) is 9.16. The highest BCUT2D eigenvalue weighted by molar-refractivity contribution is 7.91. The fourth-order valence-electron chi connectivity index (χ4n) is 5.77. The number of aromatic nitrogens is 1. The van der Waals surface area contributed by atoms with Crippen LogP contribution >= 0.6 is 0 Å². The van der Waals surface area contributed by atoms with Crippen molar-refractivity contribution in [3.63, 3.8) is 0 Å². The van der Waals surface area contributed by atoms with E-state index in [1.54, 1.807) is 0 Å². The van der Waals surface area contributed by atoms with Crippen LogP contribution in [0.1, 0.15) is 59.3 Å². The number of rotatable bonds is 5. The lowest BCUT2D eigenvalue weighted by molar-refractivity contribution is 0.0875. The number of amides is 2. The van der Waals surface area contributed by atoms with Crippen molar-refractivity contribution in [3.8, 4) is 0 Å². The average molecular weight is 487 g/mol. The van der Waals surface area contributed by atoms with E-state index in [1.165, 1.54) is 26.6 Å². The van der Waals surface area contributed by atoms with Gasteiger partial charge in [0.15, 0.2) is 0 Å². The van der Waals surface area contributed by atoms with Crippen LogP contribution < -0.4 is 14.3 Å². The molecule has 0 saturated carbocycles. The highest BCUT2D eigenvalue weighted by Crippen LogP contribution is 2.38. The molecule has 1 fully saturated rings. The second-order valence-electron chi connectivity index (χ2n) is 9.75. The Bertz CT molecular complexity index is 1200. The van der Waals surface area contributed by atoms with Crippen LogP contribution in [0.4, 0.5) is 16.2 Å². The second kappa shape index (κ2) is 8.92. The number of nitrogens with zero attached hydrogens (tertiary/aromatic N) is 2. The van der Waals surface area contributed by atoms with Gasteiger partial charge in [-0.15, -0.1) is 0 Å². The first-order chi connectivity index (χ1) is 16.3. The van der Waals surface area contributed by atoms with E-state index in [0.717, 1.165) is 55.6 Å². The largest absolute Gasteiger partial charge is 0.381 e. The summed E-state index contributed by atoms with van der Waals surface area (Å²) in [5.74, 6) is 0. The molecule has 0 spiro atoms. The summed E-state index contributed by atoms with van der Waals surface area (Å²) in [6, 6.07) is 3.19. The number of urea groups is 1. The predicted molar refractivity (Wildman–Crippen MR) is 133 cm³/mol. The van der Waals surface area contributed by atoms with Gasteiger partial charge in [0.1, 0.15) is 0 Å². The molecule has 8 nitrogen and oxygen atoms in total. The third kappa shape index (κ3) is 4.09. The number of benzene rings is 1. The molecule has 0 radical (unpaired) electrons. The number of aryl methyl sites for hydroxylation is 3. The van der Waals surface area contributed by atoms with E-state index >= 15 is 0 Å². The highest BCUT2D eigenvalue weighted by Gasteiger charge is 2.35. The smallest absolute Gasteiger partial charge is 0.334 e. The molecule has 2 amide bonds. The van der Waals surface area contributed by atoms with Gasteiger partial charge in [0.25, 0.3) is 0 Å². The normalized spacial score (nSPS) is 18.0. The van der Waals surface area contributed by atoms with E-state index in [-0.39, 0.29) is 6.04 Å². The van der Waals surface area contributed by atoms with Crippen molar-refractivity contribution in [2.45, 2.75) is 71.3 Å². The van der Waals surface area contributed by atoms with Gasteiger partial charge < -0.3 is 14.6 Å². The van der Waals surface area contributed by atoms with E-state index in [2.05, 4.69) is 16.1 Å². The molecular weight excluding hydrogens is 452 g/mol. The number of ether oxygens (including phenoxy) is 1. The minimum atomic E-state index is -4.15. The highest BCUT2D eigenvalue weighted by atomic mass is 32.2. The summed E-state index contributed by atoms with van der Waals surface area (Å²) in [7, 11) is -2.23. The first-order valence-electron chi connectivity index (χ1n) is 12.3. The monoisotopic (exact) mass is 486 g/mol. The molecule has 1 aromatic heterocycles. The topological polar surface area (TPSA) is 92.7 Å². The second-order valence-corrected chi connectivity index (χ2v) is 11.3. The molecule has 0 atom stereocenters. The van der Waals surface area contributed by atoms with Crippen LogP contribution in [-0.4, -0.2) is 38.3 Å². The zero-order valence-electron chi connectivity index (χ0n) is 20.2. The lowest BCUT2D eigenvalue weighted by Crippen LogP contribution is -2.51. The summed E-state index contributed by atoms with van der Waals surface area (Å²) < 4.78 is 38.5. The molecule has 2 heterocycles. The third-order valence-electron chi connectivity index (χ3n) is 7.70. The molecule has 184 valence electrons. The standard InChI is InChI=1S/C25H34N4O4S/c1-16-14-23(17(2)28(16)3)29(20-10-12-33-13-11-20)34(31,32)27-25(30)26-24-21-8-4-6-18(21)15-19-7-5-9-22(19)24/h14-15,20H,4-13H2,1-3H3,(H2,26,27,30). The molecule has 2 aliphatic carbocycles. The van der Waals surface area contributed by atoms with Gasteiger partial charge >= 0.3 is 16.2 Å². The molecule has 34 heavy (non-hydrogen) atoms. The van der Waals surface area contributed by atoms with Crippen LogP contribution in [0.3, 0.4) is 0 Å². The zero-order chi connectivity index (χ0) is 24.0. The van der Waals surface area contributed by atoms with E-state index in [4.69, 9.17) is 4.74 Å². The molecule has 0 unspecified atom stereocenters. The van der Waals surface area contributed by atoms with Crippen molar-refractivity contribution in [1.29, 1.82) is 0 Å². The van der Waals surface area contributed by atoms with Gasteiger partial charge in [-0.05, 0) is 93.5 Å². The molecule has 9 heteroatoms. The summed E-state index contributed by atoms with van der Waals surface area (Å²) in [6.45, 7) is 4.84. The maximum absolute atomic E-state index is 13.7. The van der Waals surface area contributed by atoms with E-state index in [9.17, 15) is 13.2 Å². The summed E-state index contributed by atoms with van der Waals surface area (Å²) in [6.07, 6.45) is 7.16. The maximum atomic E-state index is 13.7. The summed E-state index contributed by atoms with van der Waals surface area (Å²) in [4.78, 5) is 13.1. The van der Waals surface area contributed by atoms with Gasteiger partial charge in [-0.3, -0.25) is 0 Å². The summed E-state index contributed by atoms with van der Waals surface area (Å²) >= 11 is 0. The van der Waals surface area contributed by atoms with Gasteiger partial charge in [0.2, 0.25) is 0 Å². The molecule has 3 aliphatic rings. The van der Waals surface area contributed by atoms with Crippen molar-refractivity contribution >= 4 is 27.6 Å². The Morgan fingerprint density at radius 1 is 1.03 bits per heavy atom. The van der Waals surface area contributed by atoms with Crippen LogP contribution in [0.25, 0.3) is 0 Å².